The van der Waals surface area contributed by atoms with E-state index in [1.54, 1.807) is 17.5 Å². The van der Waals surface area contributed by atoms with Crippen molar-refractivity contribution >= 4 is 45.9 Å². The molecule has 2 aromatic rings. The molecule has 1 aliphatic heterocycles. The fourth-order valence-electron chi connectivity index (χ4n) is 3.24. The quantitative estimate of drug-likeness (QED) is 0.473. The Morgan fingerprint density at radius 2 is 1.71 bits per heavy atom. The molecule has 0 spiro atoms. The summed E-state index contributed by atoms with van der Waals surface area (Å²) >= 11 is 1.10. The van der Waals surface area contributed by atoms with Gasteiger partial charge in [0.05, 0.1) is 16.7 Å². The van der Waals surface area contributed by atoms with Crippen LogP contribution in [0.1, 0.15) is 51.3 Å². The number of hydrogen-bond donors (Lipinski definition) is 2. The van der Waals surface area contributed by atoms with Crippen LogP contribution in [0, 0.1) is 5.92 Å². The Balaban J connectivity index is 1.70. The van der Waals surface area contributed by atoms with Gasteiger partial charge in [0.15, 0.2) is 6.61 Å². The number of esters is 1. The summed E-state index contributed by atoms with van der Waals surface area (Å²) in [5.74, 6) is -3.41. The number of carbonyl (C=O) groups is 5. The van der Waals surface area contributed by atoms with Crippen LogP contribution in [-0.2, 0) is 14.3 Å². The normalized spacial score (nSPS) is 13.8. The molecule has 9 nitrogen and oxygen atoms in total. The Kier molecular flexibility index (Phi) is 6.50. The fourth-order valence-corrected chi connectivity index (χ4v) is 4.05. The lowest BCUT2D eigenvalue weighted by Gasteiger charge is -2.25. The lowest BCUT2D eigenvalue weighted by atomic mass is 10.0. The molecule has 0 radical (unpaired) electrons. The largest absolute Gasteiger partial charge is 0.454 e. The number of rotatable bonds is 8. The maximum absolute atomic E-state index is 12.8. The van der Waals surface area contributed by atoms with Gasteiger partial charge in [0.2, 0.25) is 0 Å². The van der Waals surface area contributed by atoms with Crippen molar-refractivity contribution in [2.75, 3.05) is 11.9 Å². The van der Waals surface area contributed by atoms with E-state index in [9.17, 15) is 24.0 Å². The molecular formula is C21H21N3O6S. The van der Waals surface area contributed by atoms with E-state index in [2.05, 4.69) is 5.32 Å². The molecule has 0 bridgehead atoms. The number of anilines is 1. The third-order valence-corrected chi connectivity index (χ3v) is 5.46. The number of fused-ring (bicyclic) bond motifs is 1. The SMILES string of the molecule is CC(C)C[C@H](C(=O)OCC(=O)Nc1sccc1C(N)=O)N1C(=O)c2ccccc2C1=O. The second-order valence-electron chi connectivity index (χ2n) is 7.35. The van der Waals surface area contributed by atoms with E-state index in [0.717, 1.165) is 16.2 Å². The van der Waals surface area contributed by atoms with E-state index < -0.39 is 42.2 Å². The van der Waals surface area contributed by atoms with E-state index in [-0.39, 0.29) is 34.0 Å². The number of hydrogen-bond acceptors (Lipinski definition) is 7. The average molecular weight is 443 g/mol. The molecule has 162 valence electrons. The zero-order chi connectivity index (χ0) is 22.7. The molecule has 1 aromatic carbocycles. The number of imide groups is 1. The number of nitrogens with one attached hydrogen (secondary N) is 1. The molecule has 0 fully saturated rings. The summed E-state index contributed by atoms with van der Waals surface area (Å²) in [5, 5.41) is 4.29. The van der Waals surface area contributed by atoms with Gasteiger partial charge in [-0.1, -0.05) is 26.0 Å². The van der Waals surface area contributed by atoms with Crippen LogP contribution in [0.15, 0.2) is 35.7 Å². The average Bonchev–Trinajstić information content (AvgIpc) is 3.28. The van der Waals surface area contributed by atoms with Crippen molar-refractivity contribution in [2.24, 2.45) is 11.7 Å². The van der Waals surface area contributed by atoms with Gasteiger partial charge in [0.25, 0.3) is 23.6 Å². The minimum absolute atomic E-state index is 0.0278. The van der Waals surface area contributed by atoms with Gasteiger partial charge in [-0.05, 0) is 35.9 Å². The first-order valence-electron chi connectivity index (χ1n) is 9.51. The number of primary amides is 1. The van der Waals surface area contributed by atoms with Crippen molar-refractivity contribution in [3.8, 4) is 0 Å². The predicted octanol–water partition coefficient (Wildman–Crippen LogP) is 2.04. The summed E-state index contributed by atoms with van der Waals surface area (Å²) in [7, 11) is 0. The van der Waals surface area contributed by atoms with Gasteiger partial charge in [-0.25, -0.2) is 4.79 Å². The number of ether oxygens (including phenoxy) is 1. The number of thiophene rings is 1. The van der Waals surface area contributed by atoms with Crippen molar-refractivity contribution in [2.45, 2.75) is 26.3 Å². The van der Waals surface area contributed by atoms with Crippen LogP contribution in [0.3, 0.4) is 0 Å². The summed E-state index contributed by atoms with van der Waals surface area (Å²) in [6, 6.07) is 6.63. The van der Waals surface area contributed by atoms with Gasteiger partial charge in [-0.15, -0.1) is 11.3 Å². The summed E-state index contributed by atoms with van der Waals surface area (Å²) < 4.78 is 5.12. The van der Waals surface area contributed by atoms with Crippen LogP contribution < -0.4 is 11.1 Å². The highest BCUT2D eigenvalue weighted by Crippen LogP contribution is 2.27. The van der Waals surface area contributed by atoms with Crippen molar-refractivity contribution < 1.29 is 28.7 Å². The van der Waals surface area contributed by atoms with Crippen LogP contribution in [0.2, 0.25) is 0 Å². The molecule has 0 unspecified atom stereocenters. The van der Waals surface area contributed by atoms with Crippen molar-refractivity contribution in [3.05, 3.63) is 52.4 Å². The Labute approximate surface area is 182 Å². The Bertz CT molecular complexity index is 1030. The van der Waals surface area contributed by atoms with E-state index in [0.29, 0.717) is 0 Å². The molecule has 0 saturated heterocycles. The van der Waals surface area contributed by atoms with Crippen molar-refractivity contribution in [3.63, 3.8) is 0 Å². The monoisotopic (exact) mass is 443 g/mol. The smallest absolute Gasteiger partial charge is 0.329 e. The lowest BCUT2D eigenvalue weighted by Crippen LogP contribution is -2.46. The third-order valence-electron chi connectivity index (χ3n) is 4.63. The molecule has 1 aromatic heterocycles. The molecular weight excluding hydrogens is 422 g/mol. The minimum Gasteiger partial charge on any atom is -0.454 e. The van der Waals surface area contributed by atoms with E-state index in [1.807, 2.05) is 13.8 Å². The molecule has 2 heterocycles. The van der Waals surface area contributed by atoms with Gasteiger partial charge in [-0.3, -0.25) is 24.1 Å². The molecule has 1 aliphatic rings. The summed E-state index contributed by atoms with van der Waals surface area (Å²) in [5.41, 5.74) is 5.83. The van der Waals surface area contributed by atoms with Crippen molar-refractivity contribution in [1.29, 1.82) is 0 Å². The topological polar surface area (TPSA) is 136 Å². The first-order chi connectivity index (χ1) is 14.7. The van der Waals surface area contributed by atoms with Crippen LogP contribution in [0.25, 0.3) is 0 Å². The first kappa shape index (κ1) is 22.2. The molecule has 1 atom stereocenters. The molecule has 3 N–H and O–H groups in total. The van der Waals surface area contributed by atoms with E-state index in [4.69, 9.17) is 10.5 Å². The Morgan fingerprint density at radius 1 is 1.10 bits per heavy atom. The number of amides is 4. The van der Waals surface area contributed by atoms with Gasteiger partial charge in [0, 0.05) is 0 Å². The number of nitrogens with zero attached hydrogens (tertiary/aromatic N) is 1. The Morgan fingerprint density at radius 3 is 2.26 bits per heavy atom. The van der Waals surface area contributed by atoms with Gasteiger partial charge >= 0.3 is 5.97 Å². The summed E-state index contributed by atoms with van der Waals surface area (Å²) in [4.78, 5) is 62.7. The van der Waals surface area contributed by atoms with Gasteiger partial charge < -0.3 is 15.8 Å². The number of carbonyl (C=O) groups excluding carboxylic acids is 5. The molecule has 3 rings (SSSR count). The van der Waals surface area contributed by atoms with Crippen LogP contribution in [-0.4, -0.2) is 47.1 Å². The highest BCUT2D eigenvalue weighted by molar-refractivity contribution is 7.14. The second-order valence-corrected chi connectivity index (χ2v) is 8.27. The van der Waals surface area contributed by atoms with Crippen LogP contribution in [0.4, 0.5) is 5.00 Å². The lowest BCUT2D eigenvalue weighted by molar-refractivity contribution is -0.151. The fraction of sp³-hybridized carbons (Fsp3) is 0.286. The zero-order valence-electron chi connectivity index (χ0n) is 16.9. The first-order valence-corrected chi connectivity index (χ1v) is 10.4. The second kappa shape index (κ2) is 9.09. The number of benzene rings is 1. The summed E-state index contributed by atoms with van der Waals surface area (Å²) in [6.45, 7) is 3.04. The summed E-state index contributed by atoms with van der Waals surface area (Å²) in [6.07, 6.45) is 0.183. The minimum atomic E-state index is -1.16. The van der Waals surface area contributed by atoms with E-state index >= 15 is 0 Å². The van der Waals surface area contributed by atoms with Gasteiger partial charge in [0.1, 0.15) is 11.0 Å². The molecule has 4 amide bonds. The third kappa shape index (κ3) is 4.64. The highest BCUT2D eigenvalue weighted by Gasteiger charge is 2.43. The van der Waals surface area contributed by atoms with Crippen LogP contribution >= 0.6 is 11.3 Å². The predicted molar refractivity (Wildman–Crippen MR) is 113 cm³/mol. The molecule has 10 heteroatoms. The maximum atomic E-state index is 12.8. The molecule has 0 saturated carbocycles. The highest BCUT2D eigenvalue weighted by atomic mass is 32.1. The zero-order valence-corrected chi connectivity index (χ0v) is 17.7. The molecule has 0 aliphatic carbocycles. The molecule has 31 heavy (non-hydrogen) atoms. The van der Waals surface area contributed by atoms with Crippen molar-refractivity contribution in [1.82, 2.24) is 4.90 Å². The van der Waals surface area contributed by atoms with E-state index in [1.165, 1.54) is 18.2 Å². The Hall–Kier alpha value is -3.53. The maximum Gasteiger partial charge on any atom is 0.329 e. The van der Waals surface area contributed by atoms with Crippen LogP contribution in [0.5, 0.6) is 0 Å². The number of nitrogens with two attached hydrogens (primary N) is 1. The standard InChI is InChI=1S/C21H21N3O6S/c1-11(2)9-15(24-19(27)12-5-3-4-6-13(12)20(24)28)21(29)30-10-16(25)23-18-14(17(22)26)7-8-31-18/h3-8,11,15H,9-10H2,1-2H3,(H2,22,26)(H,23,25)/t15-/m1/s1. The van der Waals surface area contributed by atoms with Gasteiger partial charge in [-0.2, -0.15) is 0 Å².